The highest BCUT2D eigenvalue weighted by Crippen LogP contribution is 2.39. The van der Waals surface area contributed by atoms with Crippen molar-refractivity contribution in [3.63, 3.8) is 0 Å². The topological polar surface area (TPSA) is 69.0 Å². The molecule has 0 bridgehead atoms. The van der Waals surface area contributed by atoms with Gasteiger partial charge in [0.2, 0.25) is 0 Å². The zero-order chi connectivity index (χ0) is 20.5. The Morgan fingerprint density at radius 1 is 1.20 bits per heavy atom. The van der Waals surface area contributed by atoms with Crippen LogP contribution in [0, 0.1) is 0 Å². The molecule has 1 saturated carbocycles. The number of carbonyl (C=O) groups is 1. The highest BCUT2D eigenvalue weighted by Gasteiger charge is 2.26. The monoisotopic (exact) mass is 406 g/mol. The van der Waals surface area contributed by atoms with E-state index >= 15 is 0 Å². The molecular formula is C23H26N4O3. The summed E-state index contributed by atoms with van der Waals surface area (Å²) in [6, 6.07) is 7.57. The van der Waals surface area contributed by atoms with E-state index in [0.717, 1.165) is 41.6 Å². The van der Waals surface area contributed by atoms with Crippen LogP contribution in [-0.2, 0) is 11.2 Å². The van der Waals surface area contributed by atoms with Crippen LogP contribution < -0.4 is 9.64 Å². The first-order chi connectivity index (χ1) is 14.7. The van der Waals surface area contributed by atoms with Crippen LogP contribution >= 0.6 is 0 Å². The Bertz CT molecular complexity index is 1070. The quantitative estimate of drug-likeness (QED) is 0.561. The number of imidazole rings is 1. The smallest absolute Gasteiger partial charge is 0.185 e. The highest BCUT2D eigenvalue weighted by molar-refractivity contribution is 5.96. The van der Waals surface area contributed by atoms with Crippen molar-refractivity contribution in [2.24, 2.45) is 0 Å². The predicted octanol–water partition coefficient (Wildman–Crippen LogP) is 3.27. The predicted molar refractivity (Wildman–Crippen MR) is 114 cm³/mol. The summed E-state index contributed by atoms with van der Waals surface area (Å²) >= 11 is 0. The molecular weight excluding hydrogens is 380 g/mol. The third-order valence-electron chi connectivity index (χ3n) is 5.65. The lowest BCUT2D eigenvalue weighted by Gasteiger charge is -2.27. The first-order valence-corrected chi connectivity index (χ1v) is 10.7. The van der Waals surface area contributed by atoms with Crippen LogP contribution in [0.1, 0.15) is 47.4 Å². The number of rotatable bonds is 7. The zero-order valence-electron chi connectivity index (χ0n) is 17.2. The fraction of sp³-hybridized carbons (Fsp3) is 0.435. The molecule has 0 aromatic carbocycles. The van der Waals surface area contributed by atoms with E-state index in [1.807, 2.05) is 35.7 Å². The van der Waals surface area contributed by atoms with Gasteiger partial charge in [0.25, 0.3) is 0 Å². The zero-order valence-corrected chi connectivity index (χ0v) is 17.2. The van der Waals surface area contributed by atoms with Crippen LogP contribution in [-0.4, -0.2) is 53.1 Å². The number of Topliss-reactive ketones (excluding diaryl/α,β-unsaturated/α-hetero) is 1. The van der Waals surface area contributed by atoms with Crippen molar-refractivity contribution >= 4 is 17.2 Å². The number of ketones is 1. The van der Waals surface area contributed by atoms with Crippen molar-refractivity contribution in [1.29, 1.82) is 0 Å². The number of carbonyl (C=O) groups excluding carboxylic acids is 1. The van der Waals surface area contributed by atoms with Gasteiger partial charge in [0.1, 0.15) is 22.9 Å². The molecule has 1 aliphatic carbocycles. The molecule has 1 aliphatic heterocycles. The molecule has 1 saturated heterocycles. The molecule has 0 amide bonds. The van der Waals surface area contributed by atoms with Crippen molar-refractivity contribution in [2.75, 3.05) is 37.8 Å². The second kappa shape index (κ2) is 8.07. The fourth-order valence-electron chi connectivity index (χ4n) is 3.89. The van der Waals surface area contributed by atoms with Crippen LogP contribution in [0.25, 0.3) is 5.65 Å². The number of aromatic nitrogens is 3. The minimum Gasteiger partial charge on any atom is -0.493 e. The van der Waals surface area contributed by atoms with E-state index < -0.39 is 0 Å². The van der Waals surface area contributed by atoms with E-state index in [9.17, 15) is 4.79 Å². The van der Waals surface area contributed by atoms with Crippen molar-refractivity contribution < 1.29 is 14.3 Å². The molecule has 2 fully saturated rings. The Hall–Kier alpha value is -2.93. The van der Waals surface area contributed by atoms with Crippen molar-refractivity contribution in [1.82, 2.24) is 14.4 Å². The van der Waals surface area contributed by atoms with Gasteiger partial charge in [-0.05, 0) is 31.9 Å². The SMILES string of the molecule is CCOc1cc2nc(C3CC3)cn2cc1CC(=O)c1cccc(N2CCOCC2)n1. The normalized spacial score (nSPS) is 16.8. The summed E-state index contributed by atoms with van der Waals surface area (Å²) in [5.74, 6) is 2.11. The van der Waals surface area contributed by atoms with Gasteiger partial charge in [-0.3, -0.25) is 4.79 Å². The number of hydrogen-bond acceptors (Lipinski definition) is 6. The van der Waals surface area contributed by atoms with E-state index in [1.54, 1.807) is 6.07 Å². The average molecular weight is 406 g/mol. The highest BCUT2D eigenvalue weighted by atomic mass is 16.5. The Labute approximate surface area is 175 Å². The summed E-state index contributed by atoms with van der Waals surface area (Å²) in [6.45, 7) is 5.44. The van der Waals surface area contributed by atoms with Gasteiger partial charge in [0.15, 0.2) is 5.78 Å². The fourth-order valence-corrected chi connectivity index (χ4v) is 3.89. The largest absolute Gasteiger partial charge is 0.493 e. The molecule has 7 nitrogen and oxygen atoms in total. The van der Waals surface area contributed by atoms with E-state index in [1.165, 1.54) is 12.8 Å². The van der Waals surface area contributed by atoms with Crippen LogP contribution in [0.2, 0.25) is 0 Å². The third-order valence-corrected chi connectivity index (χ3v) is 5.65. The molecule has 7 heteroatoms. The third kappa shape index (κ3) is 3.89. The minimum atomic E-state index is -0.0204. The summed E-state index contributed by atoms with van der Waals surface area (Å²) in [5, 5.41) is 0. The first kappa shape index (κ1) is 19.1. The van der Waals surface area contributed by atoms with Crippen LogP contribution in [0.3, 0.4) is 0 Å². The lowest BCUT2D eigenvalue weighted by molar-refractivity contribution is 0.0987. The van der Waals surface area contributed by atoms with Gasteiger partial charge in [-0.25, -0.2) is 9.97 Å². The Morgan fingerprint density at radius 2 is 2.03 bits per heavy atom. The molecule has 5 rings (SSSR count). The Kier molecular flexibility index (Phi) is 5.12. The van der Waals surface area contributed by atoms with E-state index in [-0.39, 0.29) is 12.2 Å². The molecule has 0 radical (unpaired) electrons. The van der Waals surface area contributed by atoms with E-state index in [4.69, 9.17) is 14.5 Å². The summed E-state index contributed by atoms with van der Waals surface area (Å²) in [4.78, 5) is 24.6. The maximum absolute atomic E-state index is 13.1. The molecule has 2 aliphatic rings. The molecule has 30 heavy (non-hydrogen) atoms. The van der Waals surface area contributed by atoms with Crippen molar-refractivity contribution in [3.05, 3.63) is 53.6 Å². The Morgan fingerprint density at radius 3 is 2.80 bits per heavy atom. The van der Waals surface area contributed by atoms with Gasteiger partial charge in [0, 0.05) is 49.5 Å². The van der Waals surface area contributed by atoms with Gasteiger partial charge in [0.05, 0.1) is 25.5 Å². The minimum absolute atomic E-state index is 0.0204. The number of nitrogens with zero attached hydrogens (tertiary/aromatic N) is 4. The maximum Gasteiger partial charge on any atom is 0.185 e. The van der Waals surface area contributed by atoms with Gasteiger partial charge in [-0.15, -0.1) is 0 Å². The van der Waals surface area contributed by atoms with E-state index in [2.05, 4.69) is 16.1 Å². The molecule has 0 spiro atoms. The number of anilines is 1. The van der Waals surface area contributed by atoms with Crippen LogP contribution in [0.4, 0.5) is 5.82 Å². The first-order valence-electron chi connectivity index (χ1n) is 10.7. The van der Waals surface area contributed by atoms with Gasteiger partial charge in [-0.1, -0.05) is 6.07 Å². The molecule has 3 aromatic heterocycles. The lowest BCUT2D eigenvalue weighted by atomic mass is 10.1. The number of hydrogen-bond donors (Lipinski definition) is 0. The van der Waals surface area contributed by atoms with Gasteiger partial charge in [-0.2, -0.15) is 0 Å². The maximum atomic E-state index is 13.1. The van der Waals surface area contributed by atoms with Crippen LogP contribution in [0.5, 0.6) is 5.75 Å². The van der Waals surface area contributed by atoms with Gasteiger partial charge < -0.3 is 18.8 Å². The second-order valence-electron chi connectivity index (χ2n) is 7.88. The molecule has 0 unspecified atom stereocenters. The second-order valence-corrected chi connectivity index (χ2v) is 7.88. The standard InChI is InChI=1S/C23H26N4O3/c1-2-30-21-13-23-25-19(16-6-7-16)15-27(23)14-17(21)12-20(28)18-4-3-5-22(24-18)26-8-10-29-11-9-26/h3-5,13-16H,2,6-12H2,1H3. The lowest BCUT2D eigenvalue weighted by Crippen LogP contribution is -2.36. The average Bonchev–Trinajstić information content (AvgIpc) is 3.55. The summed E-state index contributed by atoms with van der Waals surface area (Å²) in [5.41, 5.74) is 3.32. The molecule has 4 heterocycles. The van der Waals surface area contributed by atoms with Crippen molar-refractivity contribution in [2.45, 2.75) is 32.1 Å². The summed E-state index contributed by atoms with van der Waals surface area (Å²) < 4.78 is 13.3. The molecule has 156 valence electrons. The molecule has 0 atom stereocenters. The summed E-state index contributed by atoms with van der Waals surface area (Å²) in [6.07, 6.45) is 6.70. The van der Waals surface area contributed by atoms with E-state index in [0.29, 0.717) is 31.4 Å². The summed E-state index contributed by atoms with van der Waals surface area (Å²) in [7, 11) is 0. The van der Waals surface area contributed by atoms with Crippen molar-refractivity contribution in [3.8, 4) is 5.75 Å². The number of pyridine rings is 2. The number of ether oxygens (including phenoxy) is 2. The Balaban J connectivity index is 1.41. The van der Waals surface area contributed by atoms with Crippen LogP contribution in [0.15, 0.2) is 36.7 Å². The molecule has 0 N–H and O–H groups in total. The molecule has 3 aromatic rings. The number of morpholine rings is 1. The number of fused-ring (bicyclic) bond motifs is 1. The van der Waals surface area contributed by atoms with Gasteiger partial charge >= 0.3 is 0 Å².